The van der Waals surface area contributed by atoms with Gasteiger partial charge in [-0.2, -0.15) is 0 Å². The van der Waals surface area contributed by atoms with Gasteiger partial charge in [-0.3, -0.25) is 14.4 Å². The van der Waals surface area contributed by atoms with Crippen LogP contribution in [0.15, 0.2) is 48.1 Å². The summed E-state index contributed by atoms with van der Waals surface area (Å²) in [5, 5.41) is 11.8. The third-order valence-electron chi connectivity index (χ3n) is 5.47. The van der Waals surface area contributed by atoms with Crippen molar-refractivity contribution in [2.24, 2.45) is 11.8 Å². The number of benzene rings is 1. The van der Waals surface area contributed by atoms with Crippen LogP contribution in [0.1, 0.15) is 58.4 Å². The molecular weight excluding hydrogens is 394 g/mol. The smallest absolute Gasteiger partial charge is 0.308 e. The van der Waals surface area contributed by atoms with E-state index in [4.69, 9.17) is 9.84 Å². The van der Waals surface area contributed by atoms with Crippen molar-refractivity contribution in [1.29, 1.82) is 0 Å². The molecule has 1 amide bonds. The van der Waals surface area contributed by atoms with Gasteiger partial charge < -0.3 is 15.2 Å². The van der Waals surface area contributed by atoms with Crippen LogP contribution in [0.3, 0.4) is 0 Å². The molecule has 0 aromatic heterocycles. The number of carbonyl (C=O) groups is 3. The average molecular weight is 428 g/mol. The molecule has 31 heavy (non-hydrogen) atoms. The van der Waals surface area contributed by atoms with Crippen molar-refractivity contribution < 1.29 is 24.2 Å². The Hall–Kier alpha value is -2.89. The molecule has 1 aromatic carbocycles. The molecule has 0 aliphatic heterocycles. The summed E-state index contributed by atoms with van der Waals surface area (Å²) in [7, 11) is 0. The number of nitrogens with one attached hydrogen (secondary N) is 1. The quantitative estimate of drug-likeness (QED) is 0.512. The number of rotatable bonds is 11. The first kappa shape index (κ1) is 24.4. The van der Waals surface area contributed by atoms with E-state index < -0.39 is 5.97 Å². The Morgan fingerprint density at radius 3 is 2.48 bits per heavy atom. The number of carboxylic acids is 1. The van der Waals surface area contributed by atoms with Gasteiger partial charge in [0.25, 0.3) is 0 Å². The van der Waals surface area contributed by atoms with Crippen molar-refractivity contribution in [3.8, 4) is 0 Å². The second-order valence-corrected chi connectivity index (χ2v) is 8.17. The van der Waals surface area contributed by atoms with Crippen LogP contribution < -0.4 is 5.32 Å². The fourth-order valence-corrected chi connectivity index (χ4v) is 3.94. The van der Waals surface area contributed by atoms with Crippen LogP contribution in [0.2, 0.25) is 0 Å². The summed E-state index contributed by atoms with van der Waals surface area (Å²) in [4.78, 5) is 35.1. The number of esters is 1. The highest BCUT2D eigenvalue weighted by atomic mass is 16.5. The molecule has 0 spiro atoms. The average Bonchev–Trinajstić information content (AvgIpc) is 2.73. The van der Waals surface area contributed by atoms with Crippen LogP contribution in [0.4, 0.5) is 0 Å². The van der Waals surface area contributed by atoms with E-state index >= 15 is 0 Å². The summed E-state index contributed by atoms with van der Waals surface area (Å²) < 4.78 is 5.11. The van der Waals surface area contributed by atoms with Crippen molar-refractivity contribution in [2.75, 3.05) is 6.61 Å². The Bertz CT molecular complexity index is 828. The molecule has 1 aromatic rings. The maximum absolute atomic E-state index is 12.3. The van der Waals surface area contributed by atoms with E-state index in [1.807, 2.05) is 18.2 Å². The monoisotopic (exact) mass is 427 g/mol. The molecule has 2 N–H and O–H groups in total. The summed E-state index contributed by atoms with van der Waals surface area (Å²) in [5.74, 6) is -1.62. The number of hydrogen-bond donors (Lipinski definition) is 2. The van der Waals surface area contributed by atoms with Crippen LogP contribution in [-0.2, 0) is 19.1 Å². The molecule has 0 saturated carbocycles. The van der Waals surface area contributed by atoms with E-state index in [9.17, 15) is 14.4 Å². The number of ether oxygens (including phenoxy) is 1. The minimum Gasteiger partial charge on any atom is -0.481 e. The van der Waals surface area contributed by atoms with Gasteiger partial charge in [-0.25, -0.2) is 0 Å². The number of aliphatic carboxylic acids is 1. The molecule has 168 valence electrons. The molecule has 0 saturated heterocycles. The highest BCUT2D eigenvalue weighted by Gasteiger charge is 2.24. The third-order valence-corrected chi connectivity index (χ3v) is 5.47. The van der Waals surface area contributed by atoms with Gasteiger partial charge in [-0.15, -0.1) is 0 Å². The zero-order chi connectivity index (χ0) is 22.8. The first-order chi connectivity index (χ1) is 14.8. The normalized spacial score (nSPS) is 17.7. The van der Waals surface area contributed by atoms with E-state index in [1.54, 1.807) is 13.8 Å². The summed E-state index contributed by atoms with van der Waals surface area (Å²) in [5.41, 5.74) is 3.69. The lowest BCUT2D eigenvalue weighted by atomic mass is 9.82. The fraction of sp³-hybridized carbons (Fsp3) is 0.480. The second-order valence-electron chi connectivity index (χ2n) is 8.17. The van der Waals surface area contributed by atoms with Crippen molar-refractivity contribution >= 4 is 23.4 Å². The predicted molar refractivity (Wildman–Crippen MR) is 120 cm³/mol. The van der Waals surface area contributed by atoms with E-state index in [1.165, 1.54) is 16.7 Å². The SMILES string of the molecule is CCOC(=O)[C@H](C)C[C@@H](CC1=CC=C(c2ccccc2)C(C)C1)NC(=O)CCC(=O)O. The van der Waals surface area contributed by atoms with E-state index in [-0.39, 0.29) is 36.7 Å². The molecule has 0 fully saturated rings. The molecule has 0 radical (unpaired) electrons. The fourth-order valence-electron chi connectivity index (χ4n) is 3.94. The Morgan fingerprint density at radius 2 is 1.87 bits per heavy atom. The number of hydrogen-bond acceptors (Lipinski definition) is 4. The molecule has 1 unspecified atom stereocenters. The lowest BCUT2D eigenvalue weighted by Crippen LogP contribution is -2.38. The van der Waals surface area contributed by atoms with Gasteiger partial charge in [0.1, 0.15) is 0 Å². The van der Waals surface area contributed by atoms with Gasteiger partial charge in [-0.1, -0.05) is 61.9 Å². The lowest BCUT2D eigenvalue weighted by Gasteiger charge is -2.27. The van der Waals surface area contributed by atoms with E-state index in [0.29, 0.717) is 25.4 Å². The summed E-state index contributed by atoms with van der Waals surface area (Å²) in [6.45, 7) is 6.06. The standard InChI is InChI=1S/C25H33NO5/c1-4-31-25(30)18(3)15-21(26-23(27)12-13-24(28)29)16-19-10-11-22(17(2)14-19)20-8-6-5-7-9-20/h5-11,17-18,21H,4,12-16H2,1-3H3,(H,26,27)(H,28,29)/t17?,18-,21+/m1/s1. The van der Waals surface area contributed by atoms with Crippen LogP contribution in [0, 0.1) is 11.8 Å². The van der Waals surface area contributed by atoms with Crippen molar-refractivity contribution in [2.45, 2.75) is 58.9 Å². The lowest BCUT2D eigenvalue weighted by molar-refractivity contribution is -0.148. The Labute approximate surface area is 184 Å². The zero-order valence-corrected chi connectivity index (χ0v) is 18.6. The first-order valence-corrected chi connectivity index (χ1v) is 10.9. The molecule has 1 aliphatic carbocycles. The second kappa shape index (κ2) is 12.1. The molecule has 2 rings (SSSR count). The molecule has 0 bridgehead atoms. The molecular formula is C25H33NO5. The highest BCUT2D eigenvalue weighted by Crippen LogP contribution is 2.34. The molecule has 3 atom stereocenters. The Balaban J connectivity index is 2.11. The Kier molecular flexibility index (Phi) is 9.50. The van der Waals surface area contributed by atoms with Crippen molar-refractivity contribution in [3.05, 3.63) is 53.6 Å². The van der Waals surface area contributed by atoms with Gasteiger partial charge >= 0.3 is 11.9 Å². The predicted octanol–water partition coefficient (Wildman–Crippen LogP) is 4.37. The van der Waals surface area contributed by atoms with Crippen LogP contribution >= 0.6 is 0 Å². The summed E-state index contributed by atoms with van der Waals surface area (Å²) in [6.07, 6.45) is 5.88. The van der Waals surface area contributed by atoms with Crippen molar-refractivity contribution in [1.82, 2.24) is 5.32 Å². The van der Waals surface area contributed by atoms with Crippen LogP contribution in [0.25, 0.3) is 5.57 Å². The van der Waals surface area contributed by atoms with E-state index in [2.05, 4.69) is 36.5 Å². The van der Waals surface area contributed by atoms with Crippen molar-refractivity contribution in [3.63, 3.8) is 0 Å². The van der Waals surface area contributed by atoms with Gasteiger partial charge in [0, 0.05) is 12.5 Å². The number of amides is 1. The number of carbonyl (C=O) groups excluding carboxylic acids is 2. The zero-order valence-electron chi connectivity index (χ0n) is 18.6. The Morgan fingerprint density at radius 1 is 1.16 bits per heavy atom. The van der Waals surface area contributed by atoms with E-state index in [0.717, 1.165) is 6.42 Å². The highest BCUT2D eigenvalue weighted by molar-refractivity contribution is 5.81. The molecule has 1 aliphatic rings. The minimum atomic E-state index is -1.01. The molecule has 6 heteroatoms. The van der Waals surface area contributed by atoms with Gasteiger partial charge in [-0.05, 0) is 43.2 Å². The van der Waals surface area contributed by atoms with Gasteiger partial charge in [0.2, 0.25) is 5.91 Å². The topological polar surface area (TPSA) is 92.7 Å². The minimum absolute atomic E-state index is 0.0763. The number of carboxylic acid groups (broad SMARTS) is 1. The maximum Gasteiger partial charge on any atom is 0.308 e. The van der Waals surface area contributed by atoms with Gasteiger partial charge in [0.05, 0.1) is 18.9 Å². The third kappa shape index (κ3) is 8.04. The van der Waals surface area contributed by atoms with Crippen LogP contribution in [-0.4, -0.2) is 35.6 Å². The maximum atomic E-state index is 12.3. The molecule has 6 nitrogen and oxygen atoms in total. The van der Waals surface area contributed by atoms with Crippen LogP contribution in [0.5, 0.6) is 0 Å². The summed E-state index contributed by atoms with van der Waals surface area (Å²) in [6, 6.07) is 10.0. The summed E-state index contributed by atoms with van der Waals surface area (Å²) >= 11 is 0. The first-order valence-electron chi connectivity index (χ1n) is 10.9. The molecule has 0 heterocycles. The largest absolute Gasteiger partial charge is 0.481 e. The number of allylic oxidation sites excluding steroid dienone is 3. The van der Waals surface area contributed by atoms with Gasteiger partial charge in [0.15, 0.2) is 0 Å².